The molecule has 1 aromatic rings. The van der Waals surface area contributed by atoms with E-state index >= 15 is 0 Å². The normalized spacial score (nSPS) is 11.9. The minimum atomic E-state index is -0.376. The van der Waals surface area contributed by atoms with Crippen LogP contribution in [0.3, 0.4) is 0 Å². The molecule has 1 aromatic carbocycles. The van der Waals surface area contributed by atoms with Crippen molar-refractivity contribution in [1.82, 2.24) is 0 Å². The summed E-state index contributed by atoms with van der Waals surface area (Å²) in [6.45, 7) is 2.92. The Balaban J connectivity index is 2.60. The van der Waals surface area contributed by atoms with Crippen LogP contribution >= 0.6 is 11.8 Å². The number of benzene rings is 1. The van der Waals surface area contributed by atoms with E-state index in [9.17, 15) is 4.39 Å². The first-order chi connectivity index (χ1) is 7.65. The van der Waals surface area contributed by atoms with Gasteiger partial charge in [-0.15, -0.1) is 0 Å². The van der Waals surface area contributed by atoms with E-state index in [0.29, 0.717) is 17.2 Å². The van der Waals surface area contributed by atoms with Gasteiger partial charge < -0.3 is 5.32 Å². The van der Waals surface area contributed by atoms with Gasteiger partial charge in [0, 0.05) is 12.2 Å². The monoisotopic (exact) mass is 238 g/mol. The molecule has 0 heterocycles. The number of hydrogen-bond donors (Lipinski definition) is 1. The van der Waals surface area contributed by atoms with Crippen molar-refractivity contribution in [3.63, 3.8) is 0 Å². The lowest BCUT2D eigenvalue weighted by molar-refractivity contribution is 0.627. The molecular formula is C12H15FN2S. The highest BCUT2D eigenvalue weighted by molar-refractivity contribution is 7.98. The van der Waals surface area contributed by atoms with Crippen molar-refractivity contribution in [2.24, 2.45) is 5.92 Å². The van der Waals surface area contributed by atoms with Crippen LogP contribution in [0.1, 0.15) is 12.5 Å². The van der Waals surface area contributed by atoms with Crippen molar-refractivity contribution in [2.45, 2.75) is 6.92 Å². The molecule has 4 heteroatoms. The summed E-state index contributed by atoms with van der Waals surface area (Å²) >= 11 is 1.79. The molecule has 0 aliphatic rings. The van der Waals surface area contributed by atoms with Gasteiger partial charge in [-0.25, -0.2) is 4.39 Å². The SMILES string of the molecule is CSCC(C)CNc1cc(F)cc(C#N)c1. The van der Waals surface area contributed by atoms with E-state index in [-0.39, 0.29) is 5.82 Å². The number of anilines is 1. The molecule has 0 fully saturated rings. The quantitative estimate of drug-likeness (QED) is 0.856. The summed E-state index contributed by atoms with van der Waals surface area (Å²) in [7, 11) is 0. The van der Waals surface area contributed by atoms with Crippen LogP contribution in [0.2, 0.25) is 0 Å². The summed E-state index contributed by atoms with van der Waals surface area (Å²) in [5, 5.41) is 11.8. The molecule has 0 amide bonds. The number of hydrogen-bond acceptors (Lipinski definition) is 3. The predicted octanol–water partition coefficient (Wildman–Crippen LogP) is 3.11. The smallest absolute Gasteiger partial charge is 0.126 e. The summed E-state index contributed by atoms with van der Waals surface area (Å²) in [5.74, 6) is 1.20. The molecule has 1 rings (SSSR count). The molecule has 0 aromatic heterocycles. The fourth-order valence-electron chi connectivity index (χ4n) is 1.39. The molecular weight excluding hydrogens is 223 g/mol. The molecule has 86 valence electrons. The van der Waals surface area contributed by atoms with E-state index in [1.807, 2.05) is 6.07 Å². The predicted molar refractivity (Wildman–Crippen MR) is 67.2 cm³/mol. The molecule has 0 bridgehead atoms. The molecule has 2 nitrogen and oxygen atoms in total. The average Bonchev–Trinajstić information content (AvgIpc) is 2.26. The lowest BCUT2D eigenvalue weighted by Gasteiger charge is -2.12. The second kappa shape index (κ2) is 6.39. The number of nitrogens with zero attached hydrogens (tertiary/aromatic N) is 1. The van der Waals surface area contributed by atoms with Gasteiger partial charge in [0.2, 0.25) is 0 Å². The van der Waals surface area contributed by atoms with Gasteiger partial charge in [-0.1, -0.05) is 6.92 Å². The van der Waals surface area contributed by atoms with Crippen LogP contribution in [-0.4, -0.2) is 18.6 Å². The van der Waals surface area contributed by atoms with Crippen molar-refractivity contribution in [2.75, 3.05) is 23.9 Å². The Morgan fingerprint density at radius 1 is 1.50 bits per heavy atom. The number of halogens is 1. The zero-order valence-corrected chi connectivity index (χ0v) is 10.3. The zero-order valence-electron chi connectivity index (χ0n) is 9.46. The van der Waals surface area contributed by atoms with Crippen molar-refractivity contribution in [1.29, 1.82) is 5.26 Å². The maximum Gasteiger partial charge on any atom is 0.126 e. The van der Waals surface area contributed by atoms with Gasteiger partial charge in [-0.05, 0) is 36.1 Å². The van der Waals surface area contributed by atoms with Gasteiger partial charge in [0.25, 0.3) is 0 Å². The maximum atomic E-state index is 13.1. The summed E-state index contributed by atoms with van der Waals surface area (Å²) < 4.78 is 13.1. The Morgan fingerprint density at radius 2 is 2.25 bits per heavy atom. The lowest BCUT2D eigenvalue weighted by Crippen LogP contribution is -2.13. The molecule has 16 heavy (non-hydrogen) atoms. The van der Waals surface area contributed by atoms with Crippen LogP contribution in [0.5, 0.6) is 0 Å². The molecule has 1 atom stereocenters. The molecule has 0 spiro atoms. The molecule has 0 aliphatic heterocycles. The topological polar surface area (TPSA) is 35.8 Å². The van der Waals surface area contributed by atoms with Gasteiger partial charge in [0.1, 0.15) is 5.82 Å². The summed E-state index contributed by atoms with van der Waals surface area (Å²) in [6.07, 6.45) is 2.06. The highest BCUT2D eigenvalue weighted by Crippen LogP contribution is 2.14. The summed E-state index contributed by atoms with van der Waals surface area (Å²) in [5.41, 5.74) is 1.02. The first-order valence-corrected chi connectivity index (χ1v) is 6.48. The molecule has 1 unspecified atom stereocenters. The van der Waals surface area contributed by atoms with E-state index in [1.54, 1.807) is 17.8 Å². The Labute approximate surface area is 99.9 Å². The van der Waals surface area contributed by atoms with Crippen molar-refractivity contribution in [3.05, 3.63) is 29.6 Å². The molecule has 1 N–H and O–H groups in total. The number of nitriles is 1. The summed E-state index contributed by atoms with van der Waals surface area (Å²) in [4.78, 5) is 0. The first-order valence-electron chi connectivity index (χ1n) is 5.09. The number of rotatable bonds is 5. The Hall–Kier alpha value is -1.21. The maximum absolute atomic E-state index is 13.1. The van der Waals surface area contributed by atoms with Crippen LogP contribution in [0.4, 0.5) is 10.1 Å². The minimum Gasteiger partial charge on any atom is -0.385 e. The van der Waals surface area contributed by atoms with Crippen LogP contribution in [0.25, 0.3) is 0 Å². The molecule has 0 aliphatic carbocycles. The third-order valence-electron chi connectivity index (χ3n) is 2.13. The van der Waals surface area contributed by atoms with Crippen molar-refractivity contribution < 1.29 is 4.39 Å². The first kappa shape index (κ1) is 12.9. The van der Waals surface area contributed by atoms with Crippen LogP contribution in [0.15, 0.2) is 18.2 Å². The van der Waals surface area contributed by atoms with Crippen molar-refractivity contribution >= 4 is 17.4 Å². The van der Waals surface area contributed by atoms with E-state index in [0.717, 1.165) is 12.3 Å². The highest BCUT2D eigenvalue weighted by Gasteiger charge is 2.03. The number of nitrogens with one attached hydrogen (secondary N) is 1. The van der Waals surface area contributed by atoms with Crippen LogP contribution < -0.4 is 5.32 Å². The Morgan fingerprint density at radius 3 is 2.88 bits per heavy atom. The highest BCUT2D eigenvalue weighted by atomic mass is 32.2. The lowest BCUT2D eigenvalue weighted by atomic mass is 10.2. The van der Waals surface area contributed by atoms with Gasteiger partial charge in [-0.2, -0.15) is 17.0 Å². The van der Waals surface area contributed by atoms with Gasteiger partial charge >= 0.3 is 0 Å². The Bertz CT molecular complexity index is 387. The van der Waals surface area contributed by atoms with Gasteiger partial charge in [0.05, 0.1) is 11.6 Å². The average molecular weight is 238 g/mol. The minimum absolute atomic E-state index is 0.347. The van der Waals surface area contributed by atoms with Crippen LogP contribution in [0, 0.1) is 23.1 Å². The second-order valence-corrected chi connectivity index (χ2v) is 4.69. The number of thioether (sulfide) groups is 1. The van der Waals surface area contributed by atoms with E-state index in [2.05, 4.69) is 18.5 Å². The van der Waals surface area contributed by atoms with E-state index in [4.69, 9.17) is 5.26 Å². The Kier molecular flexibility index (Phi) is 5.13. The summed E-state index contributed by atoms with van der Waals surface area (Å²) in [6, 6.07) is 6.24. The van der Waals surface area contributed by atoms with E-state index < -0.39 is 0 Å². The molecule has 0 saturated carbocycles. The standard InChI is InChI=1S/C12H15FN2S/c1-9(8-16-2)7-15-12-4-10(6-14)3-11(13)5-12/h3-5,9,15H,7-8H2,1-2H3. The van der Waals surface area contributed by atoms with Gasteiger partial charge in [0.15, 0.2) is 0 Å². The van der Waals surface area contributed by atoms with Crippen molar-refractivity contribution in [3.8, 4) is 6.07 Å². The van der Waals surface area contributed by atoms with E-state index in [1.165, 1.54) is 12.1 Å². The third-order valence-corrected chi connectivity index (χ3v) is 3.04. The van der Waals surface area contributed by atoms with Gasteiger partial charge in [-0.3, -0.25) is 0 Å². The largest absolute Gasteiger partial charge is 0.385 e. The fourth-order valence-corrected chi connectivity index (χ4v) is 2.08. The second-order valence-electron chi connectivity index (χ2n) is 3.78. The van der Waals surface area contributed by atoms with Crippen LogP contribution in [-0.2, 0) is 0 Å². The third kappa shape index (κ3) is 4.11. The molecule has 0 saturated heterocycles. The fraction of sp³-hybridized carbons (Fsp3) is 0.417. The molecule has 0 radical (unpaired) electrons. The zero-order chi connectivity index (χ0) is 12.0.